The maximum Gasteiger partial charge on any atom is 0.360 e. The molecule has 1 aliphatic rings. The van der Waals surface area contributed by atoms with E-state index in [1.165, 1.54) is 12.7 Å². The number of nitrogens with zero attached hydrogens (tertiary/aromatic N) is 2. The van der Waals surface area contributed by atoms with E-state index in [9.17, 15) is 4.79 Å². The van der Waals surface area contributed by atoms with Crippen LogP contribution in [0, 0.1) is 11.3 Å². The molecule has 5 heteroatoms. The smallest absolute Gasteiger partial charge is 0.360 e. The van der Waals surface area contributed by atoms with E-state index in [1.807, 2.05) is 0 Å². The summed E-state index contributed by atoms with van der Waals surface area (Å²) in [6.07, 6.45) is 4.87. The summed E-state index contributed by atoms with van der Waals surface area (Å²) in [6, 6.07) is 0.535. The Bertz CT molecular complexity index is 476. The largest absolute Gasteiger partial charge is 0.461 e. The van der Waals surface area contributed by atoms with Crippen LogP contribution in [0.1, 0.15) is 57.4 Å². The fourth-order valence-corrected chi connectivity index (χ4v) is 2.86. The molecule has 1 aromatic rings. The standard InChI is InChI=1S/C16H26N2O3/c1-5-20-14(19)13-11-21-15(17-13)18-9-6-7-12(8-10-18)16(2,3)4/h11-12H,5-10H2,1-4H3. The summed E-state index contributed by atoms with van der Waals surface area (Å²) in [6.45, 7) is 10.9. The molecule has 0 saturated carbocycles. The number of hydrogen-bond acceptors (Lipinski definition) is 5. The van der Waals surface area contributed by atoms with Crippen LogP contribution in [0.4, 0.5) is 6.01 Å². The summed E-state index contributed by atoms with van der Waals surface area (Å²) in [5.74, 6) is 0.289. The first-order chi connectivity index (χ1) is 9.91. The Hall–Kier alpha value is -1.52. The number of esters is 1. The van der Waals surface area contributed by atoms with Crippen LogP contribution in [0.3, 0.4) is 0 Å². The molecule has 1 fully saturated rings. The molecule has 118 valence electrons. The molecule has 1 aromatic heterocycles. The lowest BCUT2D eigenvalue weighted by Gasteiger charge is -2.29. The third-order valence-corrected chi connectivity index (χ3v) is 4.20. The molecule has 0 amide bonds. The van der Waals surface area contributed by atoms with Gasteiger partial charge in [0.2, 0.25) is 0 Å². The number of ether oxygens (including phenoxy) is 1. The molecule has 5 nitrogen and oxygen atoms in total. The van der Waals surface area contributed by atoms with Crippen LogP contribution in [0.2, 0.25) is 0 Å². The molecule has 0 aromatic carbocycles. The predicted molar refractivity (Wildman–Crippen MR) is 81.5 cm³/mol. The number of carbonyl (C=O) groups is 1. The van der Waals surface area contributed by atoms with Crippen LogP contribution in [-0.2, 0) is 4.74 Å². The predicted octanol–water partition coefficient (Wildman–Crippen LogP) is 3.50. The van der Waals surface area contributed by atoms with Gasteiger partial charge in [0.05, 0.1) is 6.61 Å². The Labute approximate surface area is 126 Å². The summed E-state index contributed by atoms with van der Waals surface area (Å²) in [5, 5.41) is 0. The number of hydrogen-bond donors (Lipinski definition) is 0. The van der Waals surface area contributed by atoms with Crippen LogP contribution in [0.25, 0.3) is 0 Å². The third-order valence-electron chi connectivity index (χ3n) is 4.20. The molecule has 0 spiro atoms. The molecule has 0 N–H and O–H groups in total. The number of rotatable bonds is 3. The lowest BCUT2D eigenvalue weighted by atomic mass is 9.77. The van der Waals surface area contributed by atoms with Crippen molar-refractivity contribution in [1.29, 1.82) is 0 Å². The van der Waals surface area contributed by atoms with E-state index < -0.39 is 5.97 Å². The Morgan fingerprint density at radius 2 is 2.19 bits per heavy atom. The summed E-state index contributed by atoms with van der Waals surface area (Å²) < 4.78 is 10.4. The van der Waals surface area contributed by atoms with Gasteiger partial charge < -0.3 is 14.1 Å². The van der Waals surface area contributed by atoms with Gasteiger partial charge in [0, 0.05) is 13.1 Å². The zero-order chi connectivity index (χ0) is 15.5. The minimum absolute atomic E-state index is 0.253. The highest BCUT2D eigenvalue weighted by Gasteiger charge is 2.28. The minimum atomic E-state index is -0.421. The molecule has 1 unspecified atom stereocenters. The maximum atomic E-state index is 11.6. The van der Waals surface area contributed by atoms with Crippen molar-refractivity contribution in [3.63, 3.8) is 0 Å². The van der Waals surface area contributed by atoms with Crippen molar-refractivity contribution in [2.45, 2.75) is 47.0 Å². The van der Waals surface area contributed by atoms with Gasteiger partial charge >= 0.3 is 5.97 Å². The normalized spacial score (nSPS) is 20.2. The van der Waals surface area contributed by atoms with E-state index in [-0.39, 0.29) is 5.69 Å². The van der Waals surface area contributed by atoms with Gasteiger partial charge in [0.1, 0.15) is 6.26 Å². The lowest BCUT2D eigenvalue weighted by molar-refractivity contribution is 0.0519. The maximum absolute atomic E-state index is 11.6. The Kier molecular flexibility index (Phi) is 4.91. The highest BCUT2D eigenvalue weighted by atomic mass is 16.5. The molecule has 2 rings (SSSR count). The molecule has 21 heavy (non-hydrogen) atoms. The zero-order valence-corrected chi connectivity index (χ0v) is 13.5. The minimum Gasteiger partial charge on any atom is -0.461 e. The fourth-order valence-electron chi connectivity index (χ4n) is 2.86. The summed E-state index contributed by atoms with van der Waals surface area (Å²) in [5.41, 5.74) is 0.589. The van der Waals surface area contributed by atoms with Gasteiger partial charge in [-0.3, -0.25) is 0 Å². The summed E-state index contributed by atoms with van der Waals surface area (Å²) in [7, 11) is 0. The van der Waals surface area contributed by atoms with Crippen molar-refractivity contribution < 1.29 is 13.9 Å². The quantitative estimate of drug-likeness (QED) is 0.799. The third kappa shape index (κ3) is 3.99. The van der Waals surface area contributed by atoms with E-state index in [4.69, 9.17) is 9.15 Å². The lowest BCUT2D eigenvalue weighted by Crippen LogP contribution is -2.26. The summed E-state index contributed by atoms with van der Waals surface area (Å²) >= 11 is 0. The van der Waals surface area contributed by atoms with Gasteiger partial charge in [-0.25, -0.2) is 4.79 Å². The van der Waals surface area contributed by atoms with Crippen molar-refractivity contribution in [3.05, 3.63) is 12.0 Å². The first-order valence-electron chi connectivity index (χ1n) is 7.79. The monoisotopic (exact) mass is 294 g/mol. The second-order valence-electron chi connectivity index (χ2n) is 6.72. The van der Waals surface area contributed by atoms with Gasteiger partial charge in [-0.2, -0.15) is 4.98 Å². The second kappa shape index (κ2) is 6.50. The Morgan fingerprint density at radius 1 is 1.43 bits per heavy atom. The Balaban J connectivity index is 2.01. The highest BCUT2D eigenvalue weighted by Crippen LogP contribution is 2.35. The van der Waals surface area contributed by atoms with Crippen molar-refractivity contribution in [3.8, 4) is 0 Å². The highest BCUT2D eigenvalue weighted by molar-refractivity contribution is 5.87. The topological polar surface area (TPSA) is 55.6 Å². The van der Waals surface area contributed by atoms with Gasteiger partial charge in [0.15, 0.2) is 5.69 Å². The van der Waals surface area contributed by atoms with Gasteiger partial charge in [-0.1, -0.05) is 20.8 Å². The molecule has 0 aliphatic carbocycles. The Morgan fingerprint density at radius 3 is 2.86 bits per heavy atom. The fraction of sp³-hybridized carbons (Fsp3) is 0.750. The molecule has 0 radical (unpaired) electrons. The number of carbonyl (C=O) groups excluding carboxylic acids is 1. The molecular formula is C16H26N2O3. The number of oxazole rings is 1. The van der Waals surface area contributed by atoms with Gasteiger partial charge in [0.25, 0.3) is 6.01 Å². The van der Waals surface area contributed by atoms with Crippen LogP contribution in [0.15, 0.2) is 10.7 Å². The van der Waals surface area contributed by atoms with Crippen molar-refractivity contribution in [1.82, 2.24) is 4.98 Å². The van der Waals surface area contributed by atoms with Crippen molar-refractivity contribution >= 4 is 12.0 Å². The second-order valence-corrected chi connectivity index (χ2v) is 6.72. The van der Waals surface area contributed by atoms with E-state index in [0.717, 1.165) is 25.9 Å². The number of aromatic nitrogens is 1. The van der Waals surface area contributed by atoms with E-state index >= 15 is 0 Å². The van der Waals surface area contributed by atoms with E-state index in [1.54, 1.807) is 6.92 Å². The van der Waals surface area contributed by atoms with Crippen molar-refractivity contribution in [2.75, 3.05) is 24.6 Å². The van der Waals surface area contributed by atoms with Crippen molar-refractivity contribution in [2.24, 2.45) is 11.3 Å². The van der Waals surface area contributed by atoms with Gasteiger partial charge in [-0.05, 0) is 37.5 Å². The number of anilines is 1. The zero-order valence-electron chi connectivity index (χ0n) is 13.5. The van der Waals surface area contributed by atoms with Crippen LogP contribution < -0.4 is 4.90 Å². The van der Waals surface area contributed by atoms with E-state index in [2.05, 4.69) is 30.7 Å². The molecule has 1 saturated heterocycles. The van der Waals surface area contributed by atoms with Crippen LogP contribution >= 0.6 is 0 Å². The van der Waals surface area contributed by atoms with Crippen LogP contribution in [0.5, 0.6) is 0 Å². The molecule has 1 atom stereocenters. The molecule has 1 aliphatic heterocycles. The molecule has 2 heterocycles. The first-order valence-corrected chi connectivity index (χ1v) is 7.79. The van der Waals surface area contributed by atoms with Crippen LogP contribution in [-0.4, -0.2) is 30.6 Å². The molecule has 0 bridgehead atoms. The molecular weight excluding hydrogens is 268 g/mol. The first kappa shape index (κ1) is 15.9. The van der Waals surface area contributed by atoms with E-state index in [0.29, 0.717) is 24.0 Å². The average Bonchev–Trinajstić information content (AvgIpc) is 2.75. The summed E-state index contributed by atoms with van der Waals surface area (Å²) in [4.78, 5) is 18.0. The van der Waals surface area contributed by atoms with Gasteiger partial charge in [-0.15, -0.1) is 0 Å². The SMILES string of the molecule is CCOC(=O)c1coc(N2CCCC(C(C)(C)C)CC2)n1. The average molecular weight is 294 g/mol.